The summed E-state index contributed by atoms with van der Waals surface area (Å²) in [6.45, 7) is 10.8. The predicted molar refractivity (Wildman–Crippen MR) is 143 cm³/mol. The molecule has 0 spiro atoms. The Morgan fingerprint density at radius 1 is 1.22 bits per heavy atom. The Balaban J connectivity index is 0.00000245. The standard InChI is InChI=1S/C27H39N3O.HI/c1-6-29(21-11-10-18(4)12-21)27(31)20-13-23-22-8-7-9-24-26(22)19(16-30(24)17(2)3)14-25(23)28(5)15-20;/h7-9,16-18,20-21,23,25H,6,10-15H2,1-5H3;1H/t18?,20-,21?,23?,25-;/m1./s1. The van der Waals surface area contributed by atoms with Crippen LogP contribution >= 0.6 is 24.0 Å². The van der Waals surface area contributed by atoms with E-state index in [1.54, 1.807) is 0 Å². The normalized spacial score (nSPS) is 29.8. The molecule has 1 aromatic carbocycles. The van der Waals surface area contributed by atoms with Crippen LogP contribution in [0.3, 0.4) is 0 Å². The maximum Gasteiger partial charge on any atom is 0.227 e. The van der Waals surface area contributed by atoms with E-state index in [0.29, 0.717) is 30.0 Å². The summed E-state index contributed by atoms with van der Waals surface area (Å²) in [5, 5.41) is 1.47. The van der Waals surface area contributed by atoms with Crippen molar-refractivity contribution >= 4 is 40.8 Å². The maximum absolute atomic E-state index is 13.7. The van der Waals surface area contributed by atoms with Crippen LogP contribution in [0.4, 0.5) is 0 Å². The van der Waals surface area contributed by atoms with E-state index in [-0.39, 0.29) is 29.9 Å². The second-order valence-electron chi connectivity index (χ2n) is 10.8. The first-order chi connectivity index (χ1) is 14.9. The molecule has 1 saturated heterocycles. The van der Waals surface area contributed by atoms with Crippen molar-refractivity contribution in [3.63, 3.8) is 0 Å². The summed E-state index contributed by atoms with van der Waals surface area (Å²) < 4.78 is 2.44. The Kier molecular flexibility index (Phi) is 6.98. The van der Waals surface area contributed by atoms with Crippen LogP contribution in [0.25, 0.3) is 10.9 Å². The number of carbonyl (C=O) groups excluding carboxylic acids is 1. The van der Waals surface area contributed by atoms with Crippen LogP contribution < -0.4 is 0 Å². The van der Waals surface area contributed by atoms with Gasteiger partial charge in [-0.3, -0.25) is 4.79 Å². The number of piperidine rings is 1. The van der Waals surface area contributed by atoms with Gasteiger partial charge >= 0.3 is 0 Å². The molecule has 5 atom stereocenters. The fourth-order valence-electron chi connectivity index (χ4n) is 6.97. The highest BCUT2D eigenvalue weighted by molar-refractivity contribution is 14.0. The van der Waals surface area contributed by atoms with Gasteiger partial charge in [0, 0.05) is 54.2 Å². The fourth-order valence-corrected chi connectivity index (χ4v) is 6.97. The van der Waals surface area contributed by atoms with Crippen LogP contribution in [0.15, 0.2) is 24.4 Å². The van der Waals surface area contributed by atoms with Gasteiger partial charge in [0.05, 0.1) is 5.92 Å². The van der Waals surface area contributed by atoms with Crippen LogP contribution in [-0.4, -0.2) is 52.5 Å². The zero-order chi connectivity index (χ0) is 21.9. The molecule has 2 aromatic rings. The van der Waals surface area contributed by atoms with Gasteiger partial charge < -0.3 is 14.4 Å². The molecule has 2 aliphatic carbocycles. The molecule has 2 heterocycles. The number of halogens is 1. The summed E-state index contributed by atoms with van der Waals surface area (Å²) in [6, 6.07) is 8.27. The Hall–Kier alpha value is -1.08. The first-order valence-corrected chi connectivity index (χ1v) is 12.5. The molecule has 1 amide bonds. The van der Waals surface area contributed by atoms with Gasteiger partial charge in [0.1, 0.15) is 0 Å². The Morgan fingerprint density at radius 3 is 2.66 bits per heavy atom. The van der Waals surface area contributed by atoms with Crippen molar-refractivity contribution in [2.45, 2.75) is 83.8 Å². The highest BCUT2D eigenvalue weighted by Crippen LogP contribution is 2.46. The van der Waals surface area contributed by atoms with Crippen molar-refractivity contribution in [2.24, 2.45) is 11.8 Å². The Morgan fingerprint density at radius 2 is 2.00 bits per heavy atom. The van der Waals surface area contributed by atoms with Gasteiger partial charge in [-0.25, -0.2) is 0 Å². The summed E-state index contributed by atoms with van der Waals surface area (Å²) >= 11 is 0. The molecule has 1 aromatic heterocycles. The SMILES string of the molecule is CCN(C(=O)[C@@H]1CC2c3cccc4c3c(cn4C(C)C)C[C@H]2N(C)C1)C1CCC(C)C1.I. The van der Waals surface area contributed by atoms with Crippen molar-refractivity contribution < 1.29 is 4.79 Å². The predicted octanol–water partition coefficient (Wildman–Crippen LogP) is 5.84. The number of likely N-dealkylation sites (tertiary alicyclic amines) is 1. The minimum Gasteiger partial charge on any atom is -0.345 e. The quantitative estimate of drug-likeness (QED) is 0.449. The lowest BCUT2D eigenvalue weighted by molar-refractivity contribution is -0.140. The van der Waals surface area contributed by atoms with Crippen LogP contribution in [0.5, 0.6) is 0 Å². The number of rotatable bonds is 4. The van der Waals surface area contributed by atoms with Gasteiger partial charge in [-0.1, -0.05) is 19.1 Å². The number of fused-ring (bicyclic) bond motifs is 2. The van der Waals surface area contributed by atoms with Crippen molar-refractivity contribution in [1.29, 1.82) is 0 Å². The number of hydrogen-bond acceptors (Lipinski definition) is 2. The number of hydrogen-bond donors (Lipinski definition) is 0. The van der Waals surface area contributed by atoms with Crippen molar-refractivity contribution in [2.75, 3.05) is 20.1 Å². The largest absolute Gasteiger partial charge is 0.345 e. The molecular weight excluding hydrogens is 509 g/mol. The number of aromatic nitrogens is 1. The molecule has 3 unspecified atom stereocenters. The third-order valence-corrected chi connectivity index (χ3v) is 8.51. The summed E-state index contributed by atoms with van der Waals surface area (Å²) in [7, 11) is 2.25. The molecule has 3 aliphatic rings. The third-order valence-electron chi connectivity index (χ3n) is 8.51. The van der Waals surface area contributed by atoms with E-state index in [1.165, 1.54) is 41.3 Å². The zero-order valence-corrected chi connectivity index (χ0v) is 22.7. The molecule has 1 saturated carbocycles. The number of carbonyl (C=O) groups is 1. The highest BCUT2D eigenvalue weighted by atomic mass is 127. The van der Waals surface area contributed by atoms with Crippen LogP contribution in [0.2, 0.25) is 0 Å². The maximum atomic E-state index is 13.7. The minimum absolute atomic E-state index is 0. The van der Waals surface area contributed by atoms with E-state index < -0.39 is 0 Å². The molecule has 5 heteroatoms. The van der Waals surface area contributed by atoms with Gasteiger partial charge in [0.25, 0.3) is 0 Å². The fraction of sp³-hybridized carbons (Fsp3) is 0.667. The smallest absolute Gasteiger partial charge is 0.227 e. The molecule has 0 radical (unpaired) electrons. The van der Waals surface area contributed by atoms with Crippen molar-refractivity contribution in [3.8, 4) is 0 Å². The summed E-state index contributed by atoms with van der Waals surface area (Å²) in [5.41, 5.74) is 4.34. The topological polar surface area (TPSA) is 28.5 Å². The zero-order valence-electron chi connectivity index (χ0n) is 20.4. The Labute approximate surface area is 210 Å². The van der Waals surface area contributed by atoms with E-state index in [4.69, 9.17) is 0 Å². The summed E-state index contributed by atoms with van der Waals surface area (Å²) in [5.74, 6) is 1.73. The average molecular weight is 550 g/mol. The highest BCUT2D eigenvalue weighted by Gasteiger charge is 2.43. The number of amides is 1. The van der Waals surface area contributed by atoms with Crippen molar-refractivity contribution in [3.05, 3.63) is 35.5 Å². The second kappa shape index (κ2) is 9.28. The van der Waals surface area contributed by atoms with Crippen LogP contribution in [0.1, 0.15) is 76.5 Å². The lowest BCUT2D eigenvalue weighted by atomic mass is 9.72. The van der Waals surface area contributed by atoms with E-state index >= 15 is 0 Å². The van der Waals surface area contributed by atoms with E-state index in [9.17, 15) is 4.79 Å². The van der Waals surface area contributed by atoms with Crippen LogP contribution in [0, 0.1) is 11.8 Å². The minimum atomic E-state index is 0. The van der Waals surface area contributed by atoms with E-state index in [2.05, 4.69) is 73.5 Å². The third kappa shape index (κ3) is 3.91. The first kappa shape index (κ1) is 24.1. The number of benzene rings is 1. The average Bonchev–Trinajstić information content (AvgIpc) is 3.34. The van der Waals surface area contributed by atoms with Gasteiger partial charge in [-0.2, -0.15) is 0 Å². The molecule has 0 bridgehead atoms. The van der Waals surface area contributed by atoms with Gasteiger partial charge in [0.2, 0.25) is 5.91 Å². The molecule has 176 valence electrons. The van der Waals surface area contributed by atoms with Crippen LogP contribution in [-0.2, 0) is 11.2 Å². The monoisotopic (exact) mass is 549 g/mol. The summed E-state index contributed by atoms with van der Waals surface area (Å²) in [6.07, 6.45) is 8.12. The number of likely N-dealkylation sites (N-methyl/N-ethyl adjacent to an activating group) is 1. The van der Waals surface area contributed by atoms with E-state index in [0.717, 1.165) is 31.8 Å². The first-order valence-electron chi connectivity index (χ1n) is 12.5. The Bertz CT molecular complexity index is 983. The molecule has 5 rings (SSSR count). The van der Waals surface area contributed by atoms with Gasteiger partial charge in [-0.15, -0.1) is 24.0 Å². The van der Waals surface area contributed by atoms with E-state index in [1.807, 2.05) is 0 Å². The lowest BCUT2D eigenvalue weighted by Gasteiger charge is -2.46. The second-order valence-corrected chi connectivity index (χ2v) is 10.8. The van der Waals surface area contributed by atoms with Gasteiger partial charge in [0.15, 0.2) is 0 Å². The number of nitrogens with zero attached hydrogens (tertiary/aromatic N) is 3. The molecule has 4 nitrogen and oxygen atoms in total. The molecule has 2 fully saturated rings. The molecule has 0 N–H and O–H groups in total. The summed E-state index contributed by atoms with van der Waals surface area (Å²) in [4.78, 5) is 18.4. The molecular formula is C27H40IN3O. The lowest BCUT2D eigenvalue weighted by Crippen LogP contribution is -2.53. The molecule has 32 heavy (non-hydrogen) atoms. The molecule has 1 aliphatic heterocycles. The van der Waals surface area contributed by atoms with Gasteiger partial charge in [-0.05, 0) is 83.0 Å². The van der Waals surface area contributed by atoms with Crippen molar-refractivity contribution in [1.82, 2.24) is 14.4 Å².